The van der Waals surface area contributed by atoms with E-state index >= 15 is 0 Å². The second-order valence-corrected chi connectivity index (χ2v) is 7.57. The highest BCUT2D eigenvalue weighted by molar-refractivity contribution is 7.90. The number of nitrogens with one attached hydrogen (secondary N) is 1. The predicted molar refractivity (Wildman–Crippen MR) is 95.3 cm³/mol. The van der Waals surface area contributed by atoms with Crippen LogP contribution in [0.2, 0.25) is 0 Å². The number of pyridine rings is 1. The Hall–Kier alpha value is -3.00. The minimum atomic E-state index is -3.51. The third-order valence-electron chi connectivity index (χ3n) is 3.78. The lowest BCUT2D eigenvalue weighted by Gasteiger charge is -2.10. The third-order valence-corrected chi connectivity index (χ3v) is 4.89. The number of hydrogen-bond acceptors (Lipinski definition) is 6. The molecule has 7 nitrogen and oxygen atoms in total. The lowest BCUT2D eigenvalue weighted by atomic mass is 10.1. The Bertz CT molecular complexity index is 1060. The van der Waals surface area contributed by atoms with Crippen LogP contribution in [-0.4, -0.2) is 24.6 Å². The summed E-state index contributed by atoms with van der Waals surface area (Å²) in [4.78, 5) is 14.9. The van der Waals surface area contributed by atoms with Gasteiger partial charge in [-0.3, -0.25) is 15.1 Å². The molecule has 25 heavy (non-hydrogen) atoms. The molecule has 2 aromatic carbocycles. The summed E-state index contributed by atoms with van der Waals surface area (Å²) in [6.07, 6.45) is 2.70. The van der Waals surface area contributed by atoms with E-state index < -0.39 is 14.8 Å². The van der Waals surface area contributed by atoms with Crippen LogP contribution in [0.15, 0.2) is 59.6 Å². The van der Waals surface area contributed by atoms with Crippen LogP contribution in [-0.2, 0) is 16.4 Å². The van der Waals surface area contributed by atoms with Crippen LogP contribution in [0.5, 0.6) is 0 Å². The fourth-order valence-corrected chi connectivity index (χ4v) is 3.18. The number of anilines is 1. The number of sulfone groups is 1. The molecular formula is C17H15N3O4S. The average molecular weight is 357 g/mol. The van der Waals surface area contributed by atoms with Crippen LogP contribution < -0.4 is 5.32 Å². The second-order valence-electron chi connectivity index (χ2n) is 5.55. The maximum Gasteiger partial charge on any atom is 0.293 e. The van der Waals surface area contributed by atoms with Gasteiger partial charge >= 0.3 is 0 Å². The highest BCUT2D eigenvalue weighted by Crippen LogP contribution is 2.28. The highest BCUT2D eigenvalue weighted by Gasteiger charge is 2.18. The van der Waals surface area contributed by atoms with E-state index in [4.69, 9.17) is 0 Å². The number of nitro benzene ring substituents is 1. The van der Waals surface area contributed by atoms with Crippen LogP contribution in [0.3, 0.4) is 0 Å². The van der Waals surface area contributed by atoms with Gasteiger partial charge in [0, 0.05) is 30.4 Å². The normalized spacial score (nSPS) is 11.4. The van der Waals surface area contributed by atoms with Crippen LogP contribution >= 0.6 is 0 Å². The van der Waals surface area contributed by atoms with Crippen molar-refractivity contribution in [3.8, 4) is 0 Å². The van der Waals surface area contributed by atoms with Crippen LogP contribution in [0.4, 0.5) is 11.4 Å². The summed E-state index contributed by atoms with van der Waals surface area (Å²) in [6.45, 7) is 0.327. The van der Waals surface area contributed by atoms with E-state index in [1.54, 1.807) is 6.20 Å². The largest absolute Gasteiger partial charge is 0.375 e. The monoisotopic (exact) mass is 357 g/mol. The minimum absolute atomic E-state index is 0.0865. The molecule has 128 valence electrons. The lowest BCUT2D eigenvalue weighted by molar-refractivity contribution is -0.384. The van der Waals surface area contributed by atoms with Crippen LogP contribution in [0.25, 0.3) is 10.9 Å². The number of hydrogen-bond donors (Lipinski definition) is 1. The van der Waals surface area contributed by atoms with Gasteiger partial charge in [-0.15, -0.1) is 0 Å². The summed E-state index contributed by atoms with van der Waals surface area (Å²) in [5.41, 5.74) is 1.67. The first-order chi connectivity index (χ1) is 11.9. The molecule has 0 unspecified atom stereocenters. The van der Waals surface area contributed by atoms with Crippen LogP contribution in [0.1, 0.15) is 5.56 Å². The number of benzene rings is 2. The standard InChI is InChI=1S/C17H15N3O4S/c1-25(23,24)14-7-8-15(16(10-14)20(21)22)19-11-13-5-2-4-12-6-3-9-18-17(12)13/h2-10,19H,11H2,1H3. The van der Waals surface area contributed by atoms with Gasteiger partial charge in [-0.1, -0.05) is 24.3 Å². The van der Waals surface area contributed by atoms with Gasteiger partial charge < -0.3 is 5.32 Å². The molecule has 0 bridgehead atoms. The molecule has 0 aliphatic carbocycles. The molecule has 1 heterocycles. The smallest absolute Gasteiger partial charge is 0.293 e. The SMILES string of the molecule is CS(=O)(=O)c1ccc(NCc2cccc3cccnc23)c([N+](=O)[O-])c1. The molecule has 0 saturated heterocycles. The molecule has 1 N–H and O–H groups in total. The van der Waals surface area contributed by atoms with Crippen molar-refractivity contribution in [2.75, 3.05) is 11.6 Å². The number of para-hydroxylation sites is 1. The molecule has 0 atom stereocenters. The Balaban J connectivity index is 1.94. The van der Waals surface area contributed by atoms with Crippen molar-refractivity contribution in [2.24, 2.45) is 0 Å². The zero-order valence-electron chi connectivity index (χ0n) is 13.3. The second kappa shape index (κ2) is 6.48. The van der Waals surface area contributed by atoms with Gasteiger partial charge in [0.1, 0.15) is 5.69 Å². The van der Waals surface area contributed by atoms with E-state index in [1.165, 1.54) is 12.1 Å². The van der Waals surface area contributed by atoms with Gasteiger partial charge in [0.25, 0.3) is 5.69 Å². The van der Waals surface area contributed by atoms with E-state index in [-0.39, 0.29) is 16.3 Å². The molecule has 0 aliphatic rings. The fourth-order valence-electron chi connectivity index (χ4n) is 2.54. The van der Waals surface area contributed by atoms with E-state index in [9.17, 15) is 18.5 Å². The van der Waals surface area contributed by atoms with E-state index in [0.717, 1.165) is 28.8 Å². The highest BCUT2D eigenvalue weighted by atomic mass is 32.2. The topological polar surface area (TPSA) is 102 Å². The Morgan fingerprint density at radius 2 is 1.92 bits per heavy atom. The molecular weight excluding hydrogens is 342 g/mol. The lowest BCUT2D eigenvalue weighted by Crippen LogP contribution is -2.05. The summed E-state index contributed by atoms with van der Waals surface area (Å²) in [7, 11) is -3.51. The van der Waals surface area contributed by atoms with Gasteiger partial charge in [-0.05, 0) is 23.8 Å². The van der Waals surface area contributed by atoms with Crippen molar-refractivity contribution < 1.29 is 13.3 Å². The molecule has 0 amide bonds. The number of nitro groups is 1. The van der Waals surface area contributed by atoms with E-state index in [2.05, 4.69) is 10.3 Å². The van der Waals surface area contributed by atoms with Gasteiger partial charge in [0.05, 0.1) is 15.3 Å². The number of fused-ring (bicyclic) bond motifs is 1. The third kappa shape index (κ3) is 3.58. The van der Waals surface area contributed by atoms with Gasteiger partial charge in [-0.2, -0.15) is 0 Å². The van der Waals surface area contributed by atoms with Crippen molar-refractivity contribution in [2.45, 2.75) is 11.4 Å². The van der Waals surface area contributed by atoms with E-state index in [0.29, 0.717) is 6.54 Å². The number of aromatic nitrogens is 1. The maximum absolute atomic E-state index is 11.6. The first-order valence-electron chi connectivity index (χ1n) is 7.41. The number of rotatable bonds is 5. The van der Waals surface area contributed by atoms with Crippen molar-refractivity contribution in [1.82, 2.24) is 4.98 Å². The van der Waals surface area contributed by atoms with Crippen molar-refractivity contribution >= 4 is 32.1 Å². The summed E-state index contributed by atoms with van der Waals surface area (Å²) >= 11 is 0. The molecule has 0 saturated carbocycles. The molecule has 1 aromatic heterocycles. The van der Waals surface area contributed by atoms with Crippen molar-refractivity contribution in [1.29, 1.82) is 0 Å². The minimum Gasteiger partial charge on any atom is -0.375 e. The zero-order valence-corrected chi connectivity index (χ0v) is 14.2. The molecule has 0 fully saturated rings. The predicted octanol–water partition coefficient (Wildman–Crippen LogP) is 3.16. The Morgan fingerprint density at radius 3 is 2.64 bits per heavy atom. The summed E-state index contributed by atoms with van der Waals surface area (Å²) < 4.78 is 23.2. The Kier molecular flexibility index (Phi) is 4.37. The van der Waals surface area contributed by atoms with Gasteiger partial charge in [0.15, 0.2) is 9.84 Å². The maximum atomic E-state index is 11.6. The quantitative estimate of drug-likeness (QED) is 0.556. The van der Waals surface area contributed by atoms with Crippen molar-refractivity contribution in [3.63, 3.8) is 0 Å². The fraction of sp³-hybridized carbons (Fsp3) is 0.118. The zero-order chi connectivity index (χ0) is 18.0. The average Bonchev–Trinajstić information content (AvgIpc) is 2.58. The Labute approximate surface area is 144 Å². The van der Waals surface area contributed by atoms with Crippen molar-refractivity contribution in [3.05, 3.63) is 70.4 Å². The molecule has 8 heteroatoms. The molecule has 3 rings (SSSR count). The van der Waals surface area contributed by atoms with Crippen LogP contribution in [0, 0.1) is 10.1 Å². The van der Waals surface area contributed by atoms with Gasteiger partial charge in [-0.25, -0.2) is 8.42 Å². The number of nitrogens with zero attached hydrogens (tertiary/aromatic N) is 2. The van der Waals surface area contributed by atoms with E-state index in [1.807, 2.05) is 30.3 Å². The summed E-state index contributed by atoms with van der Waals surface area (Å²) in [6, 6.07) is 13.3. The first kappa shape index (κ1) is 16.8. The van der Waals surface area contributed by atoms with Gasteiger partial charge in [0.2, 0.25) is 0 Å². The Morgan fingerprint density at radius 1 is 1.16 bits per heavy atom. The molecule has 0 aliphatic heterocycles. The molecule has 0 spiro atoms. The first-order valence-corrected chi connectivity index (χ1v) is 9.30. The molecule has 3 aromatic rings. The summed E-state index contributed by atoms with van der Waals surface area (Å²) in [5, 5.41) is 15.3. The summed E-state index contributed by atoms with van der Waals surface area (Å²) in [5.74, 6) is 0. The molecule has 0 radical (unpaired) electrons.